The van der Waals surface area contributed by atoms with Crippen molar-refractivity contribution in [3.05, 3.63) is 107 Å². The van der Waals surface area contributed by atoms with Gasteiger partial charge in [0.1, 0.15) is 12.4 Å². The average Bonchev–Trinajstić information content (AvgIpc) is 3.07. The number of hydrogen-bond acceptors (Lipinski definition) is 6. The maximum atomic E-state index is 12.8. The Labute approximate surface area is 218 Å². The number of imide groups is 1. The second-order valence-corrected chi connectivity index (χ2v) is 9.89. The minimum atomic E-state index is -0.445. The third kappa shape index (κ3) is 5.78. The number of nitro benzene ring substituents is 1. The molecule has 1 heterocycles. The van der Waals surface area contributed by atoms with E-state index in [-0.39, 0.29) is 30.0 Å². The van der Waals surface area contributed by atoms with E-state index >= 15 is 0 Å². The van der Waals surface area contributed by atoms with E-state index < -0.39 is 4.92 Å². The Hall–Kier alpha value is -2.89. The fourth-order valence-electron chi connectivity index (χ4n) is 3.20. The predicted octanol–water partition coefficient (Wildman–Crippen LogP) is 6.67. The quantitative estimate of drug-likeness (QED) is 0.129. The van der Waals surface area contributed by atoms with E-state index in [0.29, 0.717) is 21.2 Å². The highest BCUT2D eigenvalue weighted by Crippen LogP contribution is 2.34. The van der Waals surface area contributed by atoms with Crippen LogP contribution in [0.4, 0.5) is 10.5 Å². The summed E-state index contributed by atoms with van der Waals surface area (Å²) in [6, 6.07) is 18.7. The maximum Gasteiger partial charge on any atom is 0.293 e. The summed E-state index contributed by atoms with van der Waals surface area (Å²) >= 11 is 8.92. The van der Waals surface area contributed by atoms with Gasteiger partial charge in [-0.1, -0.05) is 41.9 Å². The van der Waals surface area contributed by atoms with Gasteiger partial charge in [0, 0.05) is 17.2 Å². The van der Waals surface area contributed by atoms with Gasteiger partial charge in [-0.3, -0.25) is 24.6 Å². The summed E-state index contributed by atoms with van der Waals surface area (Å²) in [5.74, 6) is 0.269. The summed E-state index contributed by atoms with van der Waals surface area (Å²) in [4.78, 5) is 37.2. The van der Waals surface area contributed by atoms with Crippen molar-refractivity contribution in [2.24, 2.45) is 0 Å². The minimum absolute atomic E-state index is 0.0103. The number of thioether (sulfide) groups is 1. The molecule has 0 unspecified atom stereocenters. The van der Waals surface area contributed by atoms with Crippen LogP contribution in [0, 0.1) is 13.7 Å². The number of nitro groups is 1. The Balaban J connectivity index is 1.44. The summed E-state index contributed by atoms with van der Waals surface area (Å²) in [6.45, 7) is 0.363. The lowest BCUT2D eigenvalue weighted by molar-refractivity contribution is -0.384. The van der Waals surface area contributed by atoms with Crippen molar-refractivity contribution in [1.82, 2.24) is 4.90 Å². The topological polar surface area (TPSA) is 89.7 Å². The first kappa shape index (κ1) is 24.2. The predicted molar refractivity (Wildman–Crippen MR) is 140 cm³/mol. The SMILES string of the molecule is O=C1S/C(=C/c2ccc(OCc3cccc([N+](=O)[O-])c3)c(I)c2)C(=O)N1Cc1ccc(Cl)cc1. The zero-order valence-corrected chi connectivity index (χ0v) is 21.2. The van der Waals surface area contributed by atoms with Gasteiger partial charge >= 0.3 is 0 Å². The molecule has 0 aliphatic carbocycles. The third-order valence-corrected chi connectivity index (χ3v) is 6.90. The molecular weight excluding hydrogens is 591 g/mol. The number of ether oxygens (including phenoxy) is 1. The van der Waals surface area contributed by atoms with Gasteiger partial charge in [-0.25, -0.2) is 0 Å². The molecule has 1 fully saturated rings. The minimum Gasteiger partial charge on any atom is -0.488 e. The van der Waals surface area contributed by atoms with Crippen molar-refractivity contribution in [2.75, 3.05) is 0 Å². The molecule has 0 aromatic heterocycles. The van der Waals surface area contributed by atoms with Crippen LogP contribution >= 0.6 is 46.0 Å². The van der Waals surface area contributed by atoms with Crippen LogP contribution in [0.1, 0.15) is 16.7 Å². The summed E-state index contributed by atoms with van der Waals surface area (Å²) in [7, 11) is 0. The van der Waals surface area contributed by atoms with Crippen LogP contribution in [-0.2, 0) is 17.9 Å². The molecule has 3 aromatic rings. The van der Waals surface area contributed by atoms with E-state index in [1.807, 2.05) is 6.07 Å². The number of carbonyl (C=O) groups excluding carboxylic acids is 2. The Morgan fingerprint density at radius 3 is 2.53 bits per heavy atom. The van der Waals surface area contributed by atoms with E-state index in [1.165, 1.54) is 17.0 Å². The van der Waals surface area contributed by atoms with Crippen LogP contribution < -0.4 is 4.74 Å². The van der Waals surface area contributed by atoms with Gasteiger partial charge in [-0.05, 0) is 81.4 Å². The van der Waals surface area contributed by atoms with E-state index in [1.54, 1.807) is 54.6 Å². The van der Waals surface area contributed by atoms with E-state index in [4.69, 9.17) is 16.3 Å². The Kier molecular flexibility index (Phi) is 7.54. The number of rotatable bonds is 7. The molecule has 0 bridgehead atoms. The standard InChI is InChI=1S/C24H16ClIN2O5S/c25-18-7-4-15(5-8-18)13-27-23(29)22(34-24(27)30)12-16-6-9-21(20(26)11-16)33-14-17-2-1-3-19(10-17)28(31)32/h1-12H,13-14H2/b22-12+. The van der Waals surface area contributed by atoms with Crippen molar-refractivity contribution in [1.29, 1.82) is 0 Å². The Morgan fingerprint density at radius 2 is 1.82 bits per heavy atom. The van der Waals surface area contributed by atoms with Gasteiger partial charge in [0.05, 0.1) is 19.9 Å². The molecule has 2 amide bonds. The molecule has 10 heteroatoms. The number of halogens is 2. The highest BCUT2D eigenvalue weighted by molar-refractivity contribution is 14.1. The van der Waals surface area contributed by atoms with Gasteiger partial charge in [0.25, 0.3) is 16.8 Å². The molecule has 1 aliphatic rings. The zero-order chi connectivity index (χ0) is 24.2. The smallest absolute Gasteiger partial charge is 0.293 e. The van der Waals surface area contributed by atoms with Crippen molar-refractivity contribution in [3.63, 3.8) is 0 Å². The highest BCUT2D eigenvalue weighted by atomic mass is 127. The molecule has 3 aromatic carbocycles. The van der Waals surface area contributed by atoms with Crippen LogP contribution in [0.15, 0.2) is 71.6 Å². The number of nitrogens with zero attached hydrogens (tertiary/aromatic N) is 2. The van der Waals surface area contributed by atoms with Crippen molar-refractivity contribution in [3.8, 4) is 5.75 Å². The monoisotopic (exact) mass is 606 g/mol. The zero-order valence-electron chi connectivity index (χ0n) is 17.4. The number of non-ortho nitro benzene ring substituents is 1. The fraction of sp³-hybridized carbons (Fsp3) is 0.0833. The molecule has 1 aliphatic heterocycles. The maximum absolute atomic E-state index is 12.8. The molecule has 34 heavy (non-hydrogen) atoms. The molecule has 0 saturated carbocycles. The van der Waals surface area contributed by atoms with Crippen molar-refractivity contribution in [2.45, 2.75) is 13.2 Å². The molecule has 0 spiro atoms. The summed E-state index contributed by atoms with van der Waals surface area (Å²) in [5.41, 5.74) is 2.26. The highest BCUT2D eigenvalue weighted by Gasteiger charge is 2.35. The van der Waals surface area contributed by atoms with Crippen LogP contribution in [0.3, 0.4) is 0 Å². The first-order valence-corrected chi connectivity index (χ1v) is 12.2. The van der Waals surface area contributed by atoms with E-state index in [0.717, 1.165) is 26.5 Å². The molecule has 1 saturated heterocycles. The van der Waals surface area contributed by atoms with Gasteiger partial charge < -0.3 is 4.74 Å². The van der Waals surface area contributed by atoms with Crippen LogP contribution in [0.2, 0.25) is 5.02 Å². The normalized spacial score (nSPS) is 14.6. The second kappa shape index (κ2) is 10.6. The number of carbonyl (C=O) groups is 2. The molecule has 0 N–H and O–H groups in total. The first-order chi connectivity index (χ1) is 16.3. The van der Waals surface area contributed by atoms with Crippen LogP contribution in [-0.4, -0.2) is 21.0 Å². The van der Waals surface area contributed by atoms with E-state index in [2.05, 4.69) is 22.6 Å². The fourth-order valence-corrected chi connectivity index (χ4v) is 4.86. The summed E-state index contributed by atoms with van der Waals surface area (Å²) in [6.07, 6.45) is 1.68. The van der Waals surface area contributed by atoms with Crippen LogP contribution in [0.25, 0.3) is 6.08 Å². The lowest BCUT2D eigenvalue weighted by Gasteiger charge is -2.12. The van der Waals surface area contributed by atoms with Gasteiger partial charge in [-0.2, -0.15) is 0 Å². The van der Waals surface area contributed by atoms with Gasteiger partial charge in [-0.15, -0.1) is 0 Å². The summed E-state index contributed by atoms with van der Waals surface area (Å²) < 4.78 is 6.62. The average molecular weight is 607 g/mol. The lowest BCUT2D eigenvalue weighted by atomic mass is 10.2. The largest absolute Gasteiger partial charge is 0.488 e. The van der Waals surface area contributed by atoms with Crippen LogP contribution in [0.5, 0.6) is 5.75 Å². The summed E-state index contributed by atoms with van der Waals surface area (Å²) in [5, 5.41) is 11.2. The van der Waals surface area contributed by atoms with Gasteiger partial charge in [0.2, 0.25) is 0 Å². The number of benzene rings is 3. The first-order valence-electron chi connectivity index (χ1n) is 9.95. The molecule has 7 nitrogen and oxygen atoms in total. The van der Waals surface area contributed by atoms with E-state index in [9.17, 15) is 19.7 Å². The Bertz CT molecular complexity index is 1310. The second-order valence-electron chi connectivity index (χ2n) is 7.30. The molecule has 172 valence electrons. The van der Waals surface area contributed by atoms with Crippen molar-refractivity contribution >= 4 is 68.9 Å². The molecule has 0 atom stereocenters. The lowest BCUT2D eigenvalue weighted by Crippen LogP contribution is -2.27. The number of hydrogen-bond donors (Lipinski definition) is 0. The molecule has 0 radical (unpaired) electrons. The molecule has 4 rings (SSSR count). The number of amides is 2. The molecular formula is C24H16ClIN2O5S. The van der Waals surface area contributed by atoms with Gasteiger partial charge in [0.15, 0.2) is 0 Å². The van der Waals surface area contributed by atoms with Crippen molar-refractivity contribution < 1.29 is 19.2 Å². The third-order valence-electron chi connectivity index (χ3n) is 4.90. The Morgan fingerprint density at radius 1 is 1.06 bits per heavy atom.